The maximum atomic E-state index is 6.14. The van der Waals surface area contributed by atoms with Gasteiger partial charge in [0.25, 0.3) is 0 Å². The first-order valence-electron chi connectivity index (χ1n) is 7.57. The van der Waals surface area contributed by atoms with Crippen LogP contribution in [-0.2, 0) is 4.74 Å². The van der Waals surface area contributed by atoms with Gasteiger partial charge in [-0.1, -0.05) is 28.1 Å². The molecule has 1 aromatic carbocycles. The molecule has 6 heteroatoms. The lowest BCUT2D eigenvalue weighted by molar-refractivity contribution is 0.00512. The number of rotatable bonds is 2. The van der Waals surface area contributed by atoms with Crippen LogP contribution in [0.2, 0.25) is 0 Å². The maximum absolute atomic E-state index is 6.14. The summed E-state index contributed by atoms with van der Waals surface area (Å²) in [7, 11) is 0. The average Bonchev–Trinajstić information content (AvgIpc) is 2.43. The lowest BCUT2D eigenvalue weighted by Crippen LogP contribution is -2.48. The van der Waals surface area contributed by atoms with Gasteiger partial charge in [-0.2, -0.15) is 0 Å². The zero-order valence-electron chi connectivity index (χ0n) is 12.7. The zero-order chi connectivity index (χ0) is 14.8. The minimum Gasteiger partial charge on any atom is -0.375 e. The van der Waals surface area contributed by atoms with Crippen molar-refractivity contribution in [3.63, 3.8) is 0 Å². The van der Waals surface area contributed by atoms with Crippen LogP contribution in [0.4, 0.5) is 0 Å². The highest BCUT2D eigenvalue weighted by Gasteiger charge is 2.31. The number of hydrogen-bond acceptors (Lipinski definition) is 2. The SMILES string of the molecule is CC1CN(C(N)=NC2CC(c3ccc(Br)cc3)C2)CCO1.I. The number of morpholine rings is 1. The molecule has 1 aromatic rings. The van der Waals surface area contributed by atoms with Crippen LogP contribution in [0, 0.1) is 0 Å². The average molecular weight is 480 g/mol. The van der Waals surface area contributed by atoms with Crippen molar-refractivity contribution in [1.29, 1.82) is 0 Å². The second kappa shape index (κ2) is 7.97. The molecule has 122 valence electrons. The van der Waals surface area contributed by atoms with Crippen LogP contribution >= 0.6 is 39.9 Å². The Morgan fingerprint density at radius 2 is 2.00 bits per heavy atom. The number of benzene rings is 1. The standard InChI is InChI=1S/C16H22BrN3O.HI/c1-11-10-20(6-7-21-11)16(18)19-15-8-13(9-15)12-2-4-14(17)5-3-12;/h2-5,11,13,15H,6-10H2,1H3,(H2,18,19);1H. The summed E-state index contributed by atoms with van der Waals surface area (Å²) < 4.78 is 6.66. The smallest absolute Gasteiger partial charge is 0.191 e. The van der Waals surface area contributed by atoms with E-state index in [1.807, 2.05) is 0 Å². The van der Waals surface area contributed by atoms with E-state index >= 15 is 0 Å². The van der Waals surface area contributed by atoms with E-state index in [0.29, 0.717) is 17.9 Å². The van der Waals surface area contributed by atoms with Gasteiger partial charge in [-0.05, 0) is 43.4 Å². The normalized spacial score (nSPS) is 28.7. The van der Waals surface area contributed by atoms with Crippen molar-refractivity contribution in [3.05, 3.63) is 34.3 Å². The van der Waals surface area contributed by atoms with Crippen LogP contribution in [-0.4, -0.2) is 42.7 Å². The van der Waals surface area contributed by atoms with Gasteiger partial charge in [-0.3, -0.25) is 0 Å². The number of aliphatic imine (C=N–C) groups is 1. The van der Waals surface area contributed by atoms with E-state index in [0.717, 1.165) is 37.0 Å². The van der Waals surface area contributed by atoms with Crippen molar-refractivity contribution in [2.75, 3.05) is 19.7 Å². The summed E-state index contributed by atoms with van der Waals surface area (Å²) in [6, 6.07) is 8.98. The predicted molar refractivity (Wildman–Crippen MR) is 104 cm³/mol. The molecule has 1 atom stereocenters. The zero-order valence-corrected chi connectivity index (χ0v) is 16.7. The fraction of sp³-hybridized carbons (Fsp3) is 0.562. The highest BCUT2D eigenvalue weighted by atomic mass is 127. The summed E-state index contributed by atoms with van der Waals surface area (Å²) in [6.07, 6.45) is 2.44. The van der Waals surface area contributed by atoms with Crippen LogP contribution in [0.5, 0.6) is 0 Å². The summed E-state index contributed by atoms with van der Waals surface area (Å²) in [6.45, 7) is 4.51. The van der Waals surface area contributed by atoms with Gasteiger partial charge < -0.3 is 15.4 Å². The van der Waals surface area contributed by atoms with Gasteiger partial charge in [0.2, 0.25) is 0 Å². The second-order valence-corrected chi connectivity index (χ2v) is 6.90. The van der Waals surface area contributed by atoms with Gasteiger partial charge in [0, 0.05) is 17.6 Å². The molecule has 3 rings (SSSR count). The van der Waals surface area contributed by atoms with E-state index in [9.17, 15) is 0 Å². The number of ether oxygens (including phenoxy) is 1. The minimum atomic E-state index is 0. The summed E-state index contributed by atoms with van der Waals surface area (Å²) in [4.78, 5) is 6.83. The van der Waals surface area contributed by atoms with Crippen molar-refractivity contribution >= 4 is 45.9 Å². The molecular formula is C16H23BrIN3O. The van der Waals surface area contributed by atoms with E-state index < -0.39 is 0 Å². The van der Waals surface area contributed by atoms with Gasteiger partial charge in [0.15, 0.2) is 5.96 Å². The van der Waals surface area contributed by atoms with Gasteiger partial charge in [0.05, 0.1) is 18.8 Å². The number of hydrogen-bond donors (Lipinski definition) is 1. The van der Waals surface area contributed by atoms with Crippen molar-refractivity contribution in [2.45, 2.75) is 37.8 Å². The third kappa shape index (κ3) is 4.35. The Morgan fingerprint density at radius 3 is 2.64 bits per heavy atom. The molecule has 1 aliphatic carbocycles. The third-order valence-electron chi connectivity index (χ3n) is 4.33. The van der Waals surface area contributed by atoms with E-state index in [2.05, 4.69) is 57.0 Å². The van der Waals surface area contributed by atoms with Gasteiger partial charge in [-0.25, -0.2) is 4.99 Å². The Balaban J connectivity index is 0.00000176. The Bertz CT molecular complexity index is 517. The topological polar surface area (TPSA) is 50.8 Å². The number of halogens is 2. The predicted octanol–water partition coefficient (Wildman–Crippen LogP) is 3.35. The molecule has 4 nitrogen and oxygen atoms in total. The van der Waals surface area contributed by atoms with Crippen LogP contribution in [0.3, 0.4) is 0 Å². The number of nitrogens with two attached hydrogens (primary N) is 1. The minimum absolute atomic E-state index is 0. The third-order valence-corrected chi connectivity index (χ3v) is 4.86. The molecule has 1 unspecified atom stereocenters. The maximum Gasteiger partial charge on any atom is 0.191 e. The number of nitrogens with zero attached hydrogens (tertiary/aromatic N) is 2. The molecule has 0 radical (unpaired) electrons. The van der Waals surface area contributed by atoms with Crippen LogP contribution < -0.4 is 5.73 Å². The Hall–Kier alpha value is -0.340. The molecule has 0 bridgehead atoms. The Morgan fingerprint density at radius 1 is 1.32 bits per heavy atom. The van der Waals surface area contributed by atoms with Gasteiger partial charge >= 0.3 is 0 Å². The fourth-order valence-electron chi connectivity index (χ4n) is 3.00. The molecule has 22 heavy (non-hydrogen) atoms. The quantitative estimate of drug-likeness (QED) is 0.402. The van der Waals surface area contributed by atoms with Crippen molar-refractivity contribution in [3.8, 4) is 0 Å². The Kier molecular flexibility index (Phi) is 6.52. The first-order valence-corrected chi connectivity index (χ1v) is 8.36. The van der Waals surface area contributed by atoms with Crippen LogP contribution in [0.15, 0.2) is 33.7 Å². The summed E-state index contributed by atoms with van der Waals surface area (Å²) in [5.74, 6) is 1.31. The molecule has 0 aromatic heterocycles. The van der Waals surface area contributed by atoms with Gasteiger partial charge in [0.1, 0.15) is 0 Å². The van der Waals surface area contributed by atoms with E-state index in [1.165, 1.54) is 5.56 Å². The Labute approximate surface area is 157 Å². The molecule has 2 fully saturated rings. The summed E-state index contributed by atoms with van der Waals surface area (Å²) in [5.41, 5.74) is 7.54. The van der Waals surface area contributed by atoms with E-state index in [-0.39, 0.29) is 30.1 Å². The van der Waals surface area contributed by atoms with Gasteiger partial charge in [-0.15, -0.1) is 24.0 Å². The first-order chi connectivity index (χ1) is 10.1. The molecule has 2 N–H and O–H groups in total. The van der Waals surface area contributed by atoms with Crippen LogP contribution in [0.1, 0.15) is 31.2 Å². The van der Waals surface area contributed by atoms with Crippen molar-refractivity contribution < 1.29 is 4.74 Å². The second-order valence-electron chi connectivity index (χ2n) is 5.99. The van der Waals surface area contributed by atoms with Crippen LogP contribution in [0.25, 0.3) is 0 Å². The van der Waals surface area contributed by atoms with E-state index in [1.54, 1.807) is 0 Å². The first kappa shape index (κ1) is 18.0. The summed E-state index contributed by atoms with van der Waals surface area (Å²) in [5, 5.41) is 0. The van der Waals surface area contributed by atoms with E-state index in [4.69, 9.17) is 10.5 Å². The van der Waals surface area contributed by atoms with Crippen molar-refractivity contribution in [1.82, 2.24) is 4.90 Å². The monoisotopic (exact) mass is 479 g/mol. The summed E-state index contributed by atoms with van der Waals surface area (Å²) >= 11 is 3.47. The molecule has 0 amide bonds. The van der Waals surface area contributed by atoms with Crippen molar-refractivity contribution in [2.24, 2.45) is 10.7 Å². The molecule has 1 saturated carbocycles. The lowest BCUT2D eigenvalue weighted by atomic mass is 9.76. The molecule has 1 aliphatic heterocycles. The largest absolute Gasteiger partial charge is 0.375 e. The molecule has 2 aliphatic rings. The highest BCUT2D eigenvalue weighted by Crippen LogP contribution is 2.39. The number of guanidine groups is 1. The molecule has 1 saturated heterocycles. The molecular weight excluding hydrogens is 457 g/mol. The molecule has 1 heterocycles. The molecule has 0 spiro atoms. The lowest BCUT2D eigenvalue weighted by Gasteiger charge is -2.36. The fourth-order valence-corrected chi connectivity index (χ4v) is 3.26. The highest BCUT2D eigenvalue weighted by molar-refractivity contribution is 14.0.